The summed E-state index contributed by atoms with van der Waals surface area (Å²) in [5, 5.41) is 8.05. The van der Waals surface area contributed by atoms with Crippen LogP contribution >= 0.6 is 11.3 Å². The number of rotatable bonds is 7. The third kappa shape index (κ3) is 5.56. The van der Waals surface area contributed by atoms with Crippen molar-refractivity contribution in [3.05, 3.63) is 40.2 Å². The summed E-state index contributed by atoms with van der Waals surface area (Å²) in [5.74, 6) is 1.51. The van der Waals surface area contributed by atoms with Crippen molar-refractivity contribution in [1.82, 2.24) is 15.3 Å². The van der Waals surface area contributed by atoms with Gasteiger partial charge in [0.2, 0.25) is 11.9 Å². The van der Waals surface area contributed by atoms with Gasteiger partial charge in [-0.2, -0.15) is 4.98 Å². The number of amides is 1. The number of piperidine rings is 1. The van der Waals surface area contributed by atoms with Gasteiger partial charge in [0.1, 0.15) is 5.82 Å². The number of thiophene rings is 1. The van der Waals surface area contributed by atoms with Gasteiger partial charge in [-0.1, -0.05) is 6.07 Å². The standard InChI is InChI=1S/C19H25N5OS/c1-15-14-17(24-11-3-2-4-12-24)23-19(22-15)21-10-9-20-18(25)8-7-16-6-5-13-26-16/h5-8,13-14H,2-4,9-12H2,1H3,(H,20,25)(H,21,22,23)/b8-7+. The second-order valence-electron chi connectivity index (χ2n) is 6.31. The smallest absolute Gasteiger partial charge is 0.244 e. The largest absolute Gasteiger partial charge is 0.356 e. The monoisotopic (exact) mass is 371 g/mol. The highest BCUT2D eigenvalue weighted by atomic mass is 32.1. The Morgan fingerprint density at radius 3 is 2.88 bits per heavy atom. The van der Waals surface area contributed by atoms with Gasteiger partial charge < -0.3 is 15.5 Å². The van der Waals surface area contributed by atoms with Gasteiger partial charge in [-0.15, -0.1) is 11.3 Å². The first-order valence-electron chi connectivity index (χ1n) is 9.04. The zero-order chi connectivity index (χ0) is 18.2. The van der Waals surface area contributed by atoms with Crippen LogP contribution in [-0.2, 0) is 4.79 Å². The van der Waals surface area contributed by atoms with E-state index in [4.69, 9.17) is 0 Å². The van der Waals surface area contributed by atoms with E-state index in [2.05, 4.69) is 25.5 Å². The van der Waals surface area contributed by atoms with Gasteiger partial charge >= 0.3 is 0 Å². The number of hydrogen-bond donors (Lipinski definition) is 2. The quantitative estimate of drug-likeness (QED) is 0.578. The molecule has 26 heavy (non-hydrogen) atoms. The van der Waals surface area contributed by atoms with E-state index in [9.17, 15) is 4.79 Å². The Labute approximate surface area is 158 Å². The lowest BCUT2D eigenvalue weighted by molar-refractivity contribution is -0.116. The van der Waals surface area contributed by atoms with Gasteiger partial charge in [-0.25, -0.2) is 4.98 Å². The molecule has 0 aliphatic carbocycles. The molecular formula is C19H25N5OS. The molecule has 0 radical (unpaired) electrons. The van der Waals surface area contributed by atoms with E-state index in [1.54, 1.807) is 17.4 Å². The van der Waals surface area contributed by atoms with Crippen molar-refractivity contribution in [1.29, 1.82) is 0 Å². The molecule has 0 bridgehead atoms. The summed E-state index contributed by atoms with van der Waals surface area (Å²) in [7, 11) is 0. The van der Waals surface area contributed by atoms with Crippen LogP contribution in [0.25, 0.3) is 6.08 Å². The van der Waals surface area contributed by atoms with Crippen LogP contribution in [0.5, 0.6) is 0 Å². The average molecular weight is 372 g/mol. The van der Waals surface area contributed by atoms with E-state index in [0.717, 1.165) is 29.5 Å². The predicted octanol–water partition coefficient (Wildman–Crippen LogP) is 3.08. The fraction of sp³-hybridized carbons (Fsp3) is 0.421. The molecule has 1 fully saturated rings. The summed E-state index contributed by atoms with van der Waals surface area (Å²) in [4.78, 5) is 24.3. The Kier molecular flexibility index (Phi) is 6.60. The lowest BCUT2D eigenvalue weighted by Gasteiger charge is -2.28. The minimum atomic E-state index is -0.0978. The van der Waals surface area contributed by atoms with Gasteiger partial charge in [-0.05, 0) is 43.7 Å². The first kappa shape index (κ1) is 18.4. The minimum absolute atomic E-state index is 0.0978. The fourth-order valence-electron chi connectivity index (χ4n) is 2.88. The molecule has 1 amide bonds. The van der Waals surface area contributed by atoms with Crippen molar-refractivity contribution in [3.8, 4) is 0 Å². The number of nitrogens with one attached hydrogen (secondary N) is 2. The summed E-state index contributed by atoms with van der Waals surface area (Å²) >= 11 is 1.61. The van der Waals surface area contributed by atoms with Crippen molar-refractivity contribution in [2.75, 3.05) is 36.4 Å². The Bertz CT molecular complexity index is 738. The van der Waals surface area contributed by atoms with Gasteiger partial charge in [-0.3, -0.25) is 4.79 Å². The average Bonchev–Trinajstić information content (AvgIpc) is 3.17. The van der Waals surface area contributed by atoms with Crippen LogP contribution in [0.3, 0.4) is 0 Å². The molecule has 0 unspecified atom stereocenters. The highest BCUT2D eigenvalue weighted by Crippen LogP contribution is 2.19. The maximum atomic E-state index is 11.8. The molecule has 2 N–H and O–H groups in total. The molecule has 1 aliphatic heterocycles. The number of aromatic nitrogens is 2. The number of aryl methyl sites for hydroxylation is 1. The summed E-state index contributed by atoms with van der Waals surface area (Å²) < 4.78 is 0. The molecular weight excluding hydrogens is 346 g/mol. The van der Waals surface area contributed by atoms with Crippen molar-refractivity contribution in [2.24, 2.45) is 0 Å². The van der Waals surface area contributed by atoms with Crippen LogP contribution in [0.2, 0.25) is 0 Å². The van der Waals surface area contributed by atoms with Crippen LogP contribution in [0, 0.1) is 6.92 Å². The molecule has 0 atom stereocenters. The second kappa shape index (κ2) is 9.33. The van der Waals surface area contributed by atoms with Crippen LogP contribution in [0.15, 0.2) is 29.7 Å². The Morgan fingerprint density at radius 1 is 1.27 bits per heavy atom. The molecule has 2 aromatic rings. The van der Waals surface area contributed by atoms with E-state index in [-0.39, 0.29) is 5.91 Å². The summed E-state index contributed by atoms with van der Waals surface area (Å²) in [6, 6.07) is 5.98. The molecule has 1 aliphatic rings. The number of nitrogens with zero attached hydrogens (tertiary/aromatic N) is 3. The van der Waals surface area contributed by atoms with Gasteiger partial charge in [0.05, 0.1) is 0 Å². The number of anilines is 2. The first-order chi connectivity index (χ1) is 12.7. The Balaban J connectivity index is 1.45. The van der Waals surface area contributed by atoms with E-state index in [1.165, 1.54) is 19.3 Å². The van der Waals surface area contributed by atoms with E-state index >= 15 is 0 Å². The molecule has 3 rings (SSSR count). The molecule has 3 heterocycles. The number of carbonyl (C=O) groups excluding carboxylic acids is 1. The van der Waals surface area contributed by atoms with Crippen molar-refractivity contribution < 1.29 is 4.79 Å². The maximum Gasteiger partial charge on any atom is 0.244 e. The fourth-order valence-corrected chi connectivity index (χ4v) is 3.50. The van der Waals surface area contributed by atoms with Gasteiger partial charge in [0.15, 0.2) is 0 Å². The molecule has 7 heteroatoms. The molecule has 1 saturated heterocycles. The molecule has 2 aromatic heterocycles. The van der Waals surface area contributed by atoms with Crippen molar-refractivity contribution in [3.63, 3.8) is 0 Å². The van der Waals surface area contributed by atoms with Crippen LogP contribution in [0.1, 0.15) is 29.8 Å². The zero-order valence-corrected chi connectivity index (χ0v) is 15.9. The van der Waals surface area contributed by atoms with Gasteiger partial charge in [0.25, 0.3) is 0 Å². The summed E-state index contributed by atoms with van der Waals surface area (Å²) in [6.45, 7) is 5.20. The molecule has 6 nitrogen and oxygen atoms in total. The third-order valence-corrected chi connectivity index (χ3v) is 5.01. The van der Waals surface area contributed by atoms with Crippen LogP contribution in [0.4, 0.5) is 11.8 Å². The van der Waals surface area contributed by atoms with E-state index in [1.807, 2.05) is 36.6 Å². The summed E-state index contributed by atoms with van der Waals surface area (Å²) in [5.41, 5.74) is 0.950. The molecule has 138 valence electrons. The Morgan fingerprint density at radius 2 is 2.12 bits per heavy atom. The van der Waals surface area contributed by atoms with Crippen molar-refractivity contribution in [2.45, 2.75) is 26.2 Å². The number of hydrogen-bond acceptors (Lipinski definition) is 6. The lowest BCUT2D eigenvalue weighted by atomic mass is 10.1. The highest BCUT2D eigenvalue weighted by molar-refractivity contribution is 7.10. The van der Waals surface area contributed by atoms with Crippen LogP contribution in [-0.4, -0.2) is 42.1 Å². The lowest BCUT2D eigenvalue weighted by Crippen LogP contribution is -2.31. The van der Waals surface area contributed by atoms with E-state index < -0.39 is 0 Å². The SMILES string of the molecule is Cc1cc(N2CCCCC2)nc(NCCNC(=O)/C=C/c2cccs2)n1. The van der Waals surface area contributed by atoms with E-state index in [0.29, 0.717) is 19.0 Å². The molecule has 0 spiro atoms. The topological polar surface area (TPSA) is 70.2 Å². The first-order valence-corrected chi connectivity index (χ1v) is 9.92. The van der Waals surface area contributed by atoms with Crippen molar-refractivity contribution >= 4 is 35.1 Å². The van der Waals surface area contributed by atoms with Crippen LogP contribution < -0.4 is 15.5 Å². The summed E-state index contributed by atoms with van der Waals surface area (Å²) in [6.07, 6.45) is 7.12. The second-order valence-corrected chi connectivity index (χ2v) is 7.28. The Hall–Kier alpha value is -2.41. The molecule has 0 saturated carbocycles. The maximum absolute atomic E-state index is 11.8. The molecule has 0 aromatic carbocycles. The third-order valence-electron chi connectivity index (χ3n) is 4.17. The predicted molar refractivity (Wildman–Crippen MR) is 108 cm³/mol. The highest BCUT2D eigenvalue weighted by Gasteiger charge is 2.13. The van der Waals surface area contributed by atoms with Gasteiger partial charge in [0, 0.05) is 48.9 Å². The normalized spacial score (nSPS) is 14.6. The minimum Gasteiger partial charge on any atom is -0.356 e. The zero-order valence-electron chi connectivity index (χ0n) is 15.1. The number of carbonyl (C=O) groups is 1.